The van der Waals surface area contributed by atoms with Gasteiger partial charge in [0, 0.05) is 16.6 Å². The summed E-state index contributed by atoms with van der Waals surface area (Å²) in [7, 11) is 0. The van der Waals surface area contributed by atoms with Gasteiger partial charge in [-0.1, -0.05) is 36.4 Å². The van der Waals surface area contributed by atoms with Crippen LogP contribution in [0.2, 0.25) is 0 Å². The molecule has 2 aromatic carbocycles. The number of benzene rings is 2. The molecule has 3 N–H and O–H groups in total. The quantitative estimate of drug-likeness (QED) is 0.498. The van der Waals surface area contributed by atoms with Crippen LogP contribution in [0.3, 0.4) is 0 Å². The minimum Gasteiger partial charge on any atom is -0.451 e. The van der Waals surface area contributed by atoms with Crippen LogP contribution < -0.4 is 16.2 Å². The Hall–Kier alpha value is -2.86. The van der Waals surface area contributed by atoms with E-state index in [9.17, 15) is 4.79 Å². The Morgan fingerprint density at radius 3 is 2.43 bits per heavy atom. The second kappa shape index (κ2) is 6.50. The van der Waals surface area contributed by atoms with Crippen LogP contribution in [0.15, 0.2) is 59.0 Å². The SMILES string of the molecule is Cc1c(C(=O)NNC(=S)Nc2ccccc2)oc2ccccc12. The highest BCUT2D eigenvalue weighted by Crippen LogP contribution is 2.24. The molecule has 0 aliphatic rings. The molecule has 0 aliphatic carbocycles. The van der Waals surface area contributed by atoms with Crippen LogP contribution in [0.5, 0.6) is 0 Å². The van der Waals surface area contributed by atoms with E-state index in [0.29, 0.717) is 10.7 Å². The number of hydrogen-bond donors (Lipinski definition) is 3. The number of furan rings is 1. The molecule has 1 aromatic heterocycles. The van der Waals surface area contributed by atoms with Crippen LogP contribution in [0.1, 0.15) is 16.1 Å². The molecule has 0 radical (unpaired) electrons. The maximum Gasteiger partial charge on any atom is 0.305 e. The number of para-hydroxylation sites is 2. The van der Waals surface area contributed by atoms with Gasteiger partial charge in [0.05, 0.1) is 0 Å². The molecular weight excluding hydrogens is 310 g/mol. The molecule has 5 nitrogen and oxygen atoms in total. The summed E-state index contributed by atoms with van der Waals surface area (Å²) in [6, 6.07) is 17.0. The fourth-order valence-corrected chi connectivity index (χ4v) is 2.41. The number of rotatable bonds is 2. The third-order valence-electron chi connectivity index (χ3n) is 3.37. The summed E-state index contributed by atoms with van der Waals surface area (Å²) in [6.45, 7) is 1.85. The number of aryl methyl sites for hydroxylation is 1. The van der Waals surface area contributed by atoms with E-state index in [2.05, 4.69) is 16.2 Å². The summed E-state index contributed by atoms with van der Waals surface area (Å²) in [5, 5.41) is 4.17. The van der Waals surface area contributed by atoms with E-state index in [-0.39, 0.29) is 11.7 Å². The van der Waals surface area contributed by atoms with Gasteiger partial charge < -0.3 is 9.73 Å². The highest BCUT2D eigenvalue weighted by Gasteiger charge is 2.17. The van der Waals surface area contributed by atoms with Gasteiger partial charge in [-0.05, 0) is 37.3 Å². The molecule has 1 heterocycles. The normalized spacial score (nSPS) is 10.3. The lowest BCUT2D eigenvalue weighted by Crippen LogP contribution is -2.43. The molecule has 0 unspecified atom stereocenters. The Bertz CT molecular complexity index is 859. The van der Waals surface area contributed by atoms with Crippen molar-refractivity contribution in [3.8, 4) is 0 Å². The minimum absolute atomic E-state index is 0.265. The number of nitrogens with one attached hydrogen (secondary N) is 3. The van der Waals surface area contributed by atoms with Gasteiger partial charge in [0.1, 0.15) is 5.58 Å². The number of anilines is 1. The van der Waals surface area contributed by atoms with E-state index in [4.69, 9.17) is 16.6 Å². The average Bonchev–Trinajstić information content (AvgIpc) is 2.91. The van der Waals surface area contributed by atoms with Gasteiger partial charge in [-0.25, -0.2) is 0 Å². The number of amides is 1. The fraction of sp³-hybridized carbons (Fsp3) is 0.0588. The van der Waals surface area contributed by atoms with Crippen molar-refractivity contribution >= 4 is 39.9 Å². The maximum atomic E-state index is 12.2. The van der Waals surface area contributed by atoms with E-state index in [0.717, 1.165) is 16.6 Å². The molecule has 0 spiro atoms. The van der Waals surface area contributed by atoms with E-state index in [1.165, 1.54) is 0 Å². The molecule has 3 rings (SSSR count). The monoisotopic (exact) mass is 325 g/mol. The molecule has 0 saturated carbocycles. The van der Waals surface area contributed by atoms with Gasteiger partial charge in [-0.15, -0.1) is 0 Å². The van der Waals surface area contributed by atoms with Crippen molar-refractivity contribution in [2.24, 2.45) is 0 Å². The summed E-state index contributed by atoms with van der Waals surface area (Å²) in [4.78, 5) is 12.2. The van der Waals surface area contributed by atoms with E-state index in [1.807, 2.05) is 61.5 Å². The maximum absolute atomic E-state index is 12.2. The molecule has 0 saturated heterocycles. The van der Waals surface area contributed by atoms with Gasteiger partial charge in [0.25, 0.3) is 0 Å². The van der Waals surface area contributed by atoms with Crippen molar-refractivity contribution < 1.29 is 9.21 Å². The molecular formula is C17H15N3O2S. The molecule has 0 bridgehead atoms. The average molecular weight is 325 g/mol. The van der Waals surface area contributed by atoms with Crippen molar-refractivity contribution in [3.63, 3.8) is 0 Å². The first-order valence-electron chi connectivity index (χ1n) is 7.05. The van der Waals surface area contributed by atoms with Gasteiger partial charge in [0.2, 0.25) is 0 Å². The van der Waals surface area contributed by atoms with Crippen LogP contribution in [-0.4, -0.2) is 11.0 Å². The highest BCUT2D eigenvalue weighted by atomic mass is 32.1. The molecule has 0 aliphatic heterocycles. The van der Waals surface area contributed by atoms with Crippen LogP contribution in [0.4, 0.5) is 5.69 Å². The summed E-state index contributed by atoms with van der Waals surface area (Å²) in [6.07, 6.45) is 0. The lowest BCUT2D eigenvalue weighted by molar-refractivity contribution is 0.0917. The van der Waals surface area contributed by atoms with E-state index in [1.54, 1.807) is 0 Å². The van der Waals surface area contributed by atoms with Crippen LogP contribution >= 0.6 is 12.2 Å². The smallest absolute Gasteiger partial charge is 0.305 e. The molecule has 0 fully saturated rings. The highest BCUT2D eigenvalue weighted by molar-refractivity contribution is 7.80. The Labute approximate surface area is 138 Å². The Morgan fingerprint density at radius 2 is 1.70 bits per heavy atom. The van der Waals surface area contributed by atoms with Crippen molar-refractivity contribution in [1.29, 1.82) is 0 Å². The second-order valence-electron chi connectivity index (χ2n) is 4.95. The van der Waals surface area contributed by atoms with Crippen molar-refractivity contribution in [2.45, 2.75) is 6.92 Å². The number of hydrazine groups is 1. The number of fused-ring (bicyclic) bond motifs is 1. The van der Waals surface area contributed by atoms with Crippen molar-refractivity contribution in [3.05, 3.63) is 65.9 Å². The standard InChI is InChI=1S/C17H15N3O2S/c1-11-13-9-5-6-10-14(13)22-15(11)16(21)19-20-17(23)18-12-7-3-2-4-8-12/h2-10H,1H3,(H,19,21)(H2,18,20,23). The minimum atomic E-state index is -0.379. The third kappa shape index (κ3) is 3.32. The van der Waals surface area contributed by atoms with Gasteiger partial charge in [-0.3, -0.25) is 15.6 Å². The first kappa shape index (κ1) is 15.1. The largest absolute Gasteiger partial charge is 0.451 e. The molecule has 6 heteroatoms. The predicted octanol–water partition coefficient (Wildman–Crippen LogP) is 3.37. The van der Waals surface area contributed by atoms with Gasteiger partial charge in [0.15, 0.2) is 10.9 Å². The lowest BCUT2D eigenvalue weighted by atomic mass is 10.1. The van der Waals surface area contributed by atoms with E-state index < -0.39 is 0 Å². The zero-order chi connectivity index (χ0) is 16.2. The Balaban J connectivity index is 1.64. The Morgan fingerprint density at radius 1 is 1.00 bits per heavy atom. The predicted molar refractivity (Wildman–Crippen MR) is 94.2 cm³/mol. The first-order chi connectivity index (χ1) is 11.1. The number of carbonyl (C=O) groups is 1. The topological polar surface area (TPSA) is 66.3 Å². The van der Waals surface area contributed by atoms with Gasteiger partial charge >= 0.3 is 5.91 Å². The van der Waals surface area contributed by atoms with Crippen LogP contribution in [0, 0.1) is 6.92 Å². The van der Waals surface area contributed by atoms with Crippen LogP contribution in [0.25, 0.3) is 11.0 Å². The van der Waals surface area contributed by atoms with E-state index >= 15 is 0 Å². The fourth-order valence-electron chi connectivity index (χ4n) is 2.25. The summed E-state index contributed by atoms with van der Waals surface area (Å²) >= 11 is 5.13. The summed E-state index contributed by atoms with van der Waals surface area (Å²) in [5.74, 6) is -0.114. The Kier molecular flexibility index (Phi) is 4.25. The lowest BCUT2D eigenvalue weighted by Gasteiger charge is -2.10. The number of carbonyl (C=O) groups excluding carboxylic acids is 1. The molecule has 23 heavy (non-hydrogen) atoms. The second-order valence-corrected chi connectivity index (χ2v) is 5.36. The zero-order valence-electron chi connectivity index (χ0n) is 12.4. The molecule has 0 atom stereocenters. The summed E-state index contributed by atoms with van der Waals surface area (Å²) < 4.78 is 5.60. The van der Waals surface area contributed by atoms with Crippen molar-refractivity contribution in [2.75, 3.05) is 5.32 Å². The van der Waals surface area contributed by atoms with Crippen LogP contribution in [-0.2, 0) is 0 Å². The van der Waals surface area contributed by atoms with Gasteiger partial charge in [-0.2, -0.15) is 0 Å². The third-order valence-corrected chi connectivity index (χ3v) is 3.58. The molecule has 116 valence electrons. The number of thiocarbonyl (C=S) groups is 1. The van der Waals surface area contributed by atoms with Crippen molar-refractivity contribution in [1.82, 2.24) is 10.9 Å². The molecule has 3 aromatic rings. The summed E-state index contributed by atoms with van der Waals surface area (Å²) in [5.41, 5.74) is 7.50. The number of hydrogen-bond acceptors (Lipinski definition) is 3. The first-order valence-corrected chi connectivity index (χ1v) is 7.46. The zero-order valence-corrected chi connectivity index (χ0v) is 13.2. The molecule has 1 amide bonds.